The minimum Gasteiger partial charge on any atom is -0.396 e. The molecule has 2 atom stereocenters. The number of thiazole rings is 1. The Balaban J connectivity index is 1.99. The summed E-state index contributed by atoms with van der Waals surface area (Å²) in [7, 11) is 0. The third kappa shape index (κ3) is 3.32. The van der Waals surface area contributed by atoms with Crippen molar-refractivity contribution in [3.8, 4) is 0 Å². The van der Waals surface area contributed by atoms with Gasteiger partial charge in [-0.25, -0.2) is 4.98 Å². The highest BCUT2D eigenvalue weighted by Gasteiger charge is 2.30. The molecule has 1 fully saturated rings. The van der Waals surface area contributed by atoms with E-state index >= 15 is 0 Å². The largest absolute Gasteiger partial charge is 0.396 e. The molecule has 0 radical (unpaired) electrons. The second kappa shape index (κ2) is 6.45. The fourth-order valence-electron chi connectivity index (χ4n) is 2.28. The van der Waals surface area contributed by atoms with Gasteiger partial charge in [0.15, 0.2) is 0 Å². The predicted molar refractivity (Wildman–Crippen MR) is 73.2 cm³/mol. The van der Waals surface area contributed by atoms with Gasteiger partial charge in [0, 0.05) is 31.0 Å². The molecule has 0 spiro atoms. The Morgan fingerprint density at radius 3 is 3.05 bits per heavy atom. The van der Waals surface area contributed by atoms with Crippen LogP contribution in [-0.2, 0) is 6.42 Å². The molecular weight excluding hydrogens is 264 g/mol. The molecule has 5 nitrogen and oxygen atoms in total. The zero-order valence-corrected chi connectivity index (χ0v) is 11.9. The molecule has 19 heavy (non-hydrogen) atoms. The Bertz CT molecular complexity index is 435. The number of aryl methyl sites for hydroxylation is 1. The number of nitrogens with zero attached hydrogens (tertiary/aromatic N) is 2. The quantitative estimate of drug-likeness (QED) is 0.862. The summed E-state index contributed by atoms with van der Waals surface area (Å²) in [6.45, 7) is 2.91. The normalized spacial score (nSPS) is 23.6. The number of amides is 1. The van der Waals surface area contributed by atoms with Crippen LogP contribution in [0.15, 0.2) is 5.38 Å². The van der Waals surface area contributed by atoms with Gasteiger partial charge in [0.1, 0.15) is 5.69 Å². The number of carbonyl (C=O) groups excluding carboxylic acids is 1. The van der Waals surface area contributed by atoms with Gasteiger partial charge in [0.05, 0.1) is 11.1 Å². The highest BCUT2D eigenvalue weighted by atomic mass is 32.1. The summed E-state index contributed by atoms with van der Waals surface area (Å²) in [5, 5.41) is 21.7. The van der Waals surface area contributed by atoms with Crippen molar-refractivity contribution in [2.24, 2.45) is 5.92 Å². The topological polar surface area (TPSA) is 73.7 Å². The Kier molecular flexibility index (Phi) is 4.90. The summed E-state index contributed by atoms with van der Waals surface area (Å²) < 4.78 is 0. The van der Waals surface area contributed by atoms with Crippen LogP contribution in [-0.4, -0.2) is 51.8 Å². The molecule has 1 aromatic rings. The van der Waals surface area contributed by atoms with Gasteiger partial charge in [-0.2, -0.15) is 0 Å². The SMILES string of the molecule is CCCc1nc(C(=O)N2CC[C@H](CO)[C@H](O)C2)cs1. The van der Waals surface area contributed by atoms with Gasteiger partial charge in [-0.15, -0.1) is 11.3 Å². The maximum absolute atomic E-state index is 12.3. The van der Waals surface area contributed by atoms with Crippen molar-refractivity contribution in [3.63, 3.8) is 0 Å². The Hall–Kier alpha value is -0.980. The molecule has 1 saturated heterocycles. The first kappa shape index (κ1) is 14.4. The van der Waals surface area contributed by atoms with Gasteiger partial charge in [-0.3, -0.25) is 4.79 Å². The number of β-amino-alcohol motifs (C(OH)–C–C–N with tert-alkyl or cyclic N) is 1. The molecule has 2 rings (SSSR count). The fourth-order valence-corrected chi connectivity index (χ4v) is 3.15. The summed E-state index contributed by atoms with van der Waals surface area (Å²) in [4.78, 5) is 18.2. The second-order valence-corrected chi connectivity index (χ2v) is 5.87. The highest BCUT2D eigenvalue weighted by molar-refractivity contribution is 7.09. The van der Waals surface area contributed by atoms with Crippen LogP contribution in [0.5, 0.6) is 0 Å². The van der Waals surface area contributed by atoms with E-state index < -0.39 is 6.10 Å². The van der Waals surface area contributed by atoms with Crippen molar-refractivity contribution >= 4 is 17.2 Å². The second-order valence-electron chi connectivity index (χ2n) is 4.93. The lowest BCUT2D eigenvalue weighted by Gasteiger charge is -2.34. The van der Waals surface area contributed by atoms with E-state index in [4.69, 9.17) is 5.11 Å². The van der Waals surface area contributed by atoms with Crippen LogP contribution >= 0.6 is 11.3 Å². The third-order valence-corrected chi connectivity index (χ3v) is 4.39. The number of aliphatic hydroxyl groups excluding tert-OH is 2. The summed E-state index contributed by atoms with van der Waals surface area (Å²) in [6, 6.07) is 0. The maximum atomic E-state index is 12.3. The molecular formula is C13H20N2O3S. The lowest BCUT2D eigenvalue weighted by molar-refractivity contribution is 0.000684. The molecule has 1 aromatic heterocycles. The average molecular weight is 284 g/mol. The minimum absolute atomic E-state index is 0.0272. The van der Waals surface area contributed by atoms with E-state index in [1.165, 1.54) is 11.3 Å². The van der Waals surface area contributed by atoms with Gasteiger partial charge in [0.25, 0.3) is 5.91 Å². The summed E-state index contributed by atoms with van der Waals surface area (Å²) in [5.74, 6) is -0.232. The van der Waals surface area contributed by atoms with Crippen molar-refractivity contribution in [3.05, 3.63) is 16.1 Å². The average Bonchev–Trinajstić information content (AvgIpc) is 2.87. The smallest absolute Gasteiger partial charge is 0.273 e. The molecule has 0 saturated carbocycles. The molecule has 1 aliphatic rings. The van der Waals surface area contributed by atoms with E-state index in [1.807, 2.05) is 0 Å². The van der Waals surface area contributed by atoms with E-state index in [-0.39, 0.29) is 25.0 Å². The van der Waals surface area contributed by atoms with Crippen LogP contribution < -0.4 is 0 Å². The first-order valence-corrected chi connectivity index (χ1v) is 7.56. The number of hydrogen-bond acceptors (Lipinski definition) is 5. The van der Waals surface area contributed by atoms with Gasteiger partial charge in [0.2, 0.25) is 0 Å². The minimum atomic E-state index is -0.642. The molecule has 0 unspecified atom stereocenters. The van der Waals surface area contributed by atoms with Crippen LogP contribution in [0.2, 0.25) is 0 Å². The Morgan fingerprint density at radius 2 is 2.42 bits per heavy atom. The predicted octanol–water partition coefficient (Wildman–Crippen LogP) is 0.911. The van der Waals surface area contributed by atoms with Gasteiger partial charge in [-0.05, 0) is 19.3 Å². The first-order valence-electron chi connectivity index (χ1n) is 6.68. The Labute approximate surface area is 116 Å². The van der Waals surface area contributed by atoms with E-state index in [0.29, 0.717) is 18.7 Å². The molecule has 6 heteroatoms. The van der Waals surface area contributed by atoms with Crippen molar-refractivity contribution in [2.45, 2.75) is 32.3 Å². The van der Waals surface area contributed by atoms with E-state index in [2.05, 4.69) is 11.9 Å². The number of rotatable bonds is 4. The summed E-state index contributed by atoms with van der Waals surface area (Å²) in [6.07, 6.45) is 1.90. The van der Waals surface area contributed by atoms with Crippen LogP contribution in [0.1, 0.15) is 35.3 Å². The summed E-state index contributed by atoms with van der Waals surface area (Å²) >= 11 is 1.51. The van der Waals surface area contributed by atoms with Crippen molar-refractivity contribution in [1.29, 1.82) is 0 Å². The van der Waals surface area contributed by atoms with Gasteiger partial charge < -0.3 is 15.1 Å². The molecule has 2 N–H and O–H groups in total. The molecule has 0 aliphatic carbocycles. The number of carbonyl (C=O) groups is 1. The number of hydrogen-bond donors (Lipinski definition) is 2. The van der Waals surface area contributed by atoms with Crippen molar-refractivity contribution in [2.75, 3.05) is 19.7 Å². The molecule has 1 amide bonds. The van der Waals surface area contributed by atoms with Crippen LogP contribution in [0.25, 0.3) is 0 Å². The van der Waals surface area contributed by atoms with E-state index in [0.717, 1.165) is 17.8 Å². The van der Waals surface area contributed by atoms with Crippen molar-refractivity contribution < 1.29 is 15.0 Å². The van der Waals surface area contributed by atoms with Gasteiger partial charge >= 0.3 is 0 Å². The van der Waals surface area contributed by atoms with Gasteiger partial charge in [-0.1, -0.05) is 6.92 Å². The number of aromatic nitrogens is 1. The van der Waals surface area contributed by atoms with E-state index in [9.17, 15) is 9.90 Å². The fraction of sp³-hybridized carbons (Fsp3) is 0.692. The van der Waals surface area contributed by atoms with Crippen molar-refractivity contribution in [1.82, 2.24) is 9.88 Å². The van der Waals surface area contributed by atoms with Crippen LogP contribution in [0.4, 0.5) is 0 Å². The third-order valence-electron chi connectivity index (χ3n) is 3.48. The summed E-state index contributed by atoms with van der Waals surface area (Å²) in [5.41, 5.74) is 0.475. The molecule has 1 aliphatic heterocycles. The number of piperidine rings is 1. The monoisotopic (exact) mass is 284 g/mol. The maximum Gasteiger partial charge on any atom is 0.273 e. The highest BCUT2D eigenvalue weighted by Crippen LogP contribution is 2.20. The molecule has 0 aromatic carbocycles. The lowest BCUT2D eigenvalue weighted by Crippen LogP contribution is -2.47. The lowest BCUT2D eigenvalue weighted by atomic mass is 9.94. The molecule has 106 valence electrons. The number of aliphatic hydroxyl groups is 2. The zero-order valence-electron chi connectivity index (χ0n) is 11.1. The van der Waals surface area contributed by atoms with Crippen LogP contribution in [0.3, 0.4) is 0 Å². The van der Waals surface area contributed by atoms with Crippen LogP contribution in [0, 0.1) is 5.92 Å². The molecule has 0 bridgehead atoms. The van der Waals surface area contributed by atoms with E-state index in [1.54, 1.807) is 10.3 Å². The Morgan fingerprint density at radius 1 is 1.63 bits per heavy atom. The zero-order chi connectivity index (χ0) is 13.8. The number of likely N-dealkylation sites (tertiary alicyclic amines) is 1. The molecule has 2 heterocycles. The first-order chi connectivity index (χ1) is 9.15. The standard InChI is InChI=1S/C13H20N2O3S/c1-2-3-12-14-10(8-19-12)13(18)15-5-4-9(7-16)11(17)6-15/h8-9,11,16-17H,2-7H2,1H3/t9-,11-/m1/s1.